The second-order valence-corrected chi connectivity index (χ2v) is 6.56. The van der Waals surface area contributed by atoms with Gasteiger partial charge in [-0.2, -0.15) is 15.7 Å². The van der Waals surface area contributed by atoms with E-state index >= 15 is 0 Å². The van der Waals surface area contributed by atoms with Crippen LogP contribution in [0.3, 0.4) is 0 Å². The van der Waals surface area contributed by atoms with Crippen LogP contribution in [0.25, 0.3) is 0 Å². The number of rotatable bonds is 2. The monoisotopic (exact) mass is 265 g/mol. The highest BCUT2D eigenvalue weighted by molar-refractivity contribution is 7.93. The number of hydrogen-bond acceptors (Lipinski definition) is 3. The van der Waals surface area contributed by atoms with E-state index in [0.717, 1.165) is 0 Å². The Kier molecular flexibility index (Phi) is 3.40. The van der Waals surface area contributed by atoms with E-state index in [1.165, 1.54) is 17.6 Å². The maximum Gasteiger partial charge on any atom is 0.285 e. The van der Waals surface area contributed by atoms with Crippen LogP contribution in [0.2, 0.25) is 0 Å². The van der Waals surface area contributed by atoms with E-state index in [2.05, 4.69) is 4.36 Å². The zero-order valence-electron chi connectivity index (χ0n) is 9.20. The minimum atomic E-state index is -2.63. The molecule has 1 amide bonds. The number of thiophene rings is 1. The van der Waals surface area contributed by atoms with Crippen molar-refractivity contribution in [3.8, 4) is 0 Å². The summed E-state index contributed by atoms with van der Waals surface area (Å²) in [5.41, 5.74) is 0.456. The second kappa shape index (κ2) is 4.81. The zero-order valence-corrected chi connectivity index (χ0v) is 10.8. The summed E-state index contributed by atoms with van der Waals surface area (Å²) in [5, 5.41) is 3.57. The van der Waals surface area contributed by atoms with Crippen LogP contribution in [0.15, 0.2) is 56.4 Å². The highest BCUT2D eigenvalue weighted by atomic mass is 32.2. The summed E-state index contributed by atoms with van der Waals surface area (Å²) in [4.78, 5) is 12.4. The SMILES string of the molecule is C[S@](=O)(=NC(=O)c1ccccc1)c1ccsc1. The van der Waals surface area contributed by atoms with Gasteiger partial charge in [0.15, 0.2) is 0 Å². The van der Waals surface area contributed by atoms with Crippen molar-refractivity contribution in [2.24, 2.45) is 4.36 Å². The van der Waals surface area contributed by atoms with Gasteiger partial charge in [0.05, 0.1) is 14.6 Å². The molecule has 0 aliphatic carbocycles. The first-order valence-corrected chi connectivity index (χ1v) is 7.80. The number of carbonyl (C=O) groups is 1. The van der Waals surface area contributed by atoms with Crippen LogP contribution in [0.1, 0.15) is 10.4 Å². The highest BCUT2D eigenvalue weighted by Gasteiger charge is 2.10. The number of amides is 1. The van der Waals surface area contributed by atoms with Gasteiger partial charge in [-0.1, -0.05) is 18.2 Å². The Balaban J connectivity index is 2.38. The summed E-state index contributed by atoms with van der Waals surface area (Å²) in [6, 6.07) is 10.4. The van der Waals surface area contributed by atoms with E-state index in [1.807, 2.05) is 11.4 Å². The van der Waals surface area contributed by atoms with Crippen molar-refractivity contribution in [1.29, 1.82) is 0 Å². The van der Waals surface area contributed by atoms with Crippen LogP contribution in [-0.4, -0.2) is 16.4 Å². The Morgan fingerprint density at radius 3 is 2.53 bits per heavy atom. The molecular formula is C12H11NO2S2. The molecule has 0 radical (unpaired) electrons. The fraction of sp³-hybridized carbons (Fsp3) is 0.0833. The van der Waals surface area contributed by atoms with E-state index in [4.69, 9.17) is 0 Å². The normalized spacial score (nSPS) is 13.9. The first-order valence-electron chi connectivity index (χ1n) is 4.93. The predicted octanol–water partition coefficient (Wildman–Crippen LogP) is 3.05. The molecule has 0 spiro atoms. The van der Waals surface area contributed by atoms with Crippen molar-refractivity contribution >= 4 is 27.0 Å². The van der Waals surface area contributed by atoms with E-state index < -0.39 is 15.6 Å². The molecule has 2 rings (SSSR count). The maximum absolute atomic E-state index is 12.3. The average Bonchev–Trinajstić information content (AvgIpc) is 2.84. The maximum atomic E-state index is 12.3. The van der Waals surface area contributed by atoms with Crippen molar-refractivity contribution in [3.63, 3.8) is 0 Å². The fourth-order valence-corrected chi connectivity index (χ4v) is 3.64. The Morgan fingerprint density at radius 2 is 1.94 bits per heavy atom. The molecule has 0 bridgehead atoms. The van der Waals surface area contributed by atoms with Crippen molar-refractivity contribution in [3.05, 3.63) is 52.7 Å². The average molecular weight is 265 g/mol. The molecule has 0 saturated heterocycles. The summed E-state index contributed by atoms with van der Waals surface area (Å²) < 4.78 is 16.1. The standard InChI is InChI=1S/C12H11NO2S2/c1-17(15,11-7-8-16-9-11)13-12(14)10-5-3-2-4-6-10/h2-9H,1H3/t17-/m1/s1. The lowest BCUT2D eigenvalue weighted by Gasteiger charge is -2.00. The number of hydrogen-bond donors (Lipinski definition) is 0. The van der Waals surface area contributed by atoms with Crippen molar-refractivity contribution in [2.75, 3.05) is 6.26 Å². The third-order valence-electron chi connectivity index (χ3n) is 2.21. The molecule has 1 atom stereocenters. The predicted molar refractivity (Wildman–Crippen MR) is 69.9 cm³/mol. The van der Waals surface area contributed by atoms with Crippen LogP contribution < -0.4 is 0 Å². The van der Waals surface area contributed by atoms with Crippen molar-refractivity contribution < 1.29 is 9.00 Å². The van der Waals surface area contributed by atoms with Gasteiger partial charge in [0.2, 0.25) is 0 Å². The summed E-state index contributed by atoms with van der Waals surface area (Å²) in [5.74, 6) is -0.440. The molecule has 0 aliphatic heterocycles. The smallest absolute Gasteiger partial charge is 0.266 e. The highest BCUT2D eigenvalue weighted by Crippen LogP contribution is 2.16. The molecule has 0 N–H and O–H groups in total. The molecule has 1 aromatic heterocycles. The summed E-state index contributed by atoms with van der Waals surface area (Å²) >= 11 is 1.44. The van der Waals surface area contributed by atoms with Crippen molar-refractivity contribution in [2.45, 2.75) is 4.90 Å². The second-order valence-electron chi connectivity index (χ2n) is 3.52. The van der Waals surface area contributed by atoms with Gasteiger partial charge >= 0.3 is 0 Å². The van der Waals surface area contributed by atoms with E-state index in [1.54, 1.807) is 35.7 Å². The summed E-state index contributed by atoms with van der Waals surface area (Å²) in [6.07, 6.45) is 1.48. The quantitative estimate of drug-likeness (QED) is 0.837. The molecule has 88 valence electrons. The fourth-order valence-electron chi connectivity index (χ4n) is 1.31. The van der Waals surface area contributed by atoms with Crippen LogP contribution in [-0.2, 0) is 9.73 Å². The number of benzene rings is 1. The topological polar surface area (TPSA) is 46.5 Å². The van der Waals surface area contributed by atoms with E-state index in [9.17, 15) is 9.00 Å². The van der Waals surface area contributed by atoms with E-state index in [0.29, 0.717) is 10.5 Å². The van der Waals surface area contributed by atoms with Gasteiger partial charge in [-0.3, -0.25) is 4.79 Å². The minimum Gasteiger partial charge on any atom is -0.266 e. The molecule has 1 heterocycles. The summed E-state index contributed by atoms with van der Waals surface area (Å²) in [6.45, 7) is 0. The third-order valence-corrected chi connectivity index (χ3v) is 4.69. The molecule has 17 heavy (non-hydrogen) atoms. The van der Waals surface area contributed by atoms with Crippen LogP contribution >= 0.6 is 11.3 Å². The Morgan fingerprint density at radius 1 is 1.24 bits per heavy atom. The van der Waals surface area contributed by atoms with Gasteiger partial charge in [0, 0.05) is 17.2 Å². The summed E-state index contributed by atoms with van der Waals surface area (Å²) in [7, 11) is -2.63. The number of carbonyl (C=O) groups excluding carboxylic acids is 1. The molecule has 5 heteroatoms. The lowest BCUT2D eigenvalue weighted by atomic mass is 10.2. The largest absolute Gasteiger partial charge is 0.285 e. The first kappa shape index (κ1) is 12.0. The van der Waals surface area contributed by atoms with Gasteiger partial charge in [0.25, 0.3) is 5.91 Å². The van der Waals surface area contributed by atoms with Crippen molar-refractivity contribution in [1.82, 2.24) is 0 Å². The molecule has 0 aliphatic rings. The number of nitrogens with zero attached hydrogens (tertiary/aromatic N) is 1. The Hall–Kier alpha value is -1.46. The molecule has 0 fully saturated rings. The van der Waals surface area contributed by atoms with Gasteiger partial charge in [-0.25, -0.2) is 4.21 Å². The Bertz CT molecular complexity index is 624. The van der Waals surface area contributed by atoms with Crippen LogP contribution in [0.5, 0.6) is 0 Å². The van der Waals surface area contributed by atoms with Crippen LogP contribution in [0, 0.1) is 0 Å². The molecule has 0 unspecified atom stereocenters. The molecule has 1 aromatic carbocycles. The molecular weight excluding hydrogens is 254 g/mol. The van der Waals surface area contributed by atoms with E-state index in [-0.39, 0.29) is 0 Å². The molecule has 2 aromatic rings. The Labute approximate surface area is 104 Å². The zero-order chi connectivity index (χ0) is 12.3. The van der Waals surface area contributed by atoms with Gasteiger partial charge in [-0.15, -0.1) is 0 Å². The third kappa shape index (κ3) is 2.81. The van der Waals surface area contributed by atoms with Gasteiger partial charge in [-0.05, 0) is 23.6 Å². The lowest BCUT2D eigenvalue weighted by molar-refractivity contribution is 0.100. The minimum absolute atomic E-state index is 0.440. The van der Waals surface area contributed by atoms with Gasteiger partial charge < -0.3 is 0 Å². The molecule has 0 saturated carbocycles. The lowest BCUT2D eigenvalue weighted by Crippen LogP contribution is -2.02. The molecule has 3 nitrogen and oxygen atoms in total. The van der Waals surface area contributed by atoms with Gasteiger partial charge in [0.1, 0.15) is 0 Å². The van der Waals surface area contributed by atoms with Crippen LogP contribution in [0.4, 0.5) is 0 Å². The first-order chi connectivity index (χ1) is 8.09.